The summed E-state index contributed by atoms with van der Waals surface area (Å²) in [6.07, 6.45) is 6.27. The molecule has 31 heavy (non-hydrogen) atoms. The largest absolute Gasteiger partial charge is 0.493 e. The maximum Gasteiger partial charge on any atom is 0.335 e. The van der Waals surface area contributed by atoms with Gasteiger partial charge in [0.15, 0.2) is 11.5 Å². The van der Waals surface area contributed by atoms with Gasteiger partial charge >= 0.3 is 5.97 Å². The average molecular weight is 418 g/mol. The monoisotopic (exact) mass is 418 g/mol. The third-order valence-electron chi connectivity index (χ3n) is 5.21. The van der Waals surface area contributed by atoms with Gasteiger partial charge in [0, 0.05) is 18.5 Å². The van der Waals surface area contributed by atoms with Gasteiger partial charge in [-0.2, -0.15) is 0 Å². The second kappa shape index (κ2) is 8.87. The number of carbonyl (C=O) groups excluding carboxylic acids is 1. The molecule has 1 amide bonds. The third-order valence-corrected chi connectivity index (χ3v) is 5.21. The molecule has 158 valence electrons. The van der Waals surface area contributed by atoms with E-state index >= 15 is 0 Å². The number of aromatic nitrogens is 1. The Hall–Kier alpha value is -3.87. The standard InChI is InChI=1S/C24H22N2O5/c1-30-21-11-10-19(14-22(21)31-20-8-3-9-20)26(23(27)17-6-4-12-25-15-17)18-7-2-5-16(13-18)24(28)29/h2,4-7,10-15,20H,3,8-9H2,1H3,(H,28,29). The molecule has 7 heteroatoms. The van der Waals surface area contributed by atoms with Crippen molar-refractivity contribution in [2.45, 2.75) is 25.4 Å². The van der Waals surface area contributed by atoms with E-state index in [9.17, 15) is 14.7 Å². The van der Waals surface area contributed by atoms with Crippen LogP contribution >= 0.6 is 0 Å². The first kappa shape index (κ1) is 20.4. The van der Waals surface area contributed by atoms with Crippen molar-refractivity contribution in [1.29, 1.82) is 0 Å². The number of rotatable bonds is 7. The number of ether oxygens (including phenoxy) is 2. The molecule has 7 nitrogen and oxygen atoms in total. The highest BCUT2D eigenvalue weighted by atomic mass is 16.5. The second-order valence-electron chi connectivity index (χ2n) is 7.24. The van der Waals surface area contributed by atoms with E-state index in [1.54, 1.807) is 55.8 Å². The van der Waals surface area contributed by atoms with E-state index in [0.29, 0.717) is 28.4 Å². The molecular formula is C24H22N2O5. The van der Waals surface area contributed by atoms with Crippen molar-refractivity contribution in [2.75, 3.05) is 12.0 Å². The molecule has 0 radical (unpaired) electrons. The van der Waals surface area contributed by atoms with E-state index in [1.165, 1.54) is 23.2 Å². The number of amides is 1. The molecule has 3 aromatic rings. The van der Waals surface area contributed by atoms with Gasteiger partial charge < -0.3 is 14.6 Å². The van der Waals surface area contributed by atoms with E-state index in [1.807, 2.05) is 0 Å². The minimum atomic E-state index is -1.07. The van der Waals surface area contributed by atoms with Crippen molar-refractivity contribution in [1.82, 2.24) is 4.98 Å². The molecule has 1 heterocycles. The van der Waals surface area contributed by atoms with Gasteiger partial charge in [0.25, 0.3) is 5.91 Å². The Labute approximate surface area is 179 Å². The number of carboxylic acid groups (broad SMARTS) is 1. The first-order valence-electron chi connectivity index (χ1n) is 9.99. The van der Waals surface area contributed by atoms with Crippen molar-refractivity contribution in [3.63, 3.8) is 0 Å². The number of carboxylic acids is 1. The number of pyridine rings is 1. The lowest BCUT2D eigenvalue weighted by Gasteiger charge is -2.29. The molecule has 1 aliphatic rings. The van der Waals surface area contributed by atoms with E-state index < -0.39 is 5.97 Å². The smallest absolute Gasteiger partial charge is 0.335 e. The van der Waals surface area contributed by atoms with Crippen LogP contribution in [0.4, 0.5) is 11.4 Å². The molecule has 2 aromatic carbocycles. The van der Waals surface area contributed by atoms with Crippen LogP contribution in [0.2, 0.25) is 0 Å². The fraction of sp³-hybridized carbons (Fsp3) is 0.208. The first-order valence-corrected chi connectivity index (χ1v) is 9.99. The minimum absolute atomic E-state index is 0.0842. The van der Waals surface area contributed by atoms with Crippen LogP contribution in [0.25, 0.3) is 0 Å². The number of anilines is 2. The Bertz CT molecular complexity index is 1100. The molecule has 0 unspecified atom stereocenters. The topological polar surface area (TPSA) is 89.0 Å². The Morgan fingerprint density at radius 3 is 2.42 bits per heavy atom. The van der Waals surface area contributed by atoms with Gasteiger partial charge in [0.1, 0.15) is 0 Å². The molecule has 4 rings (SSSR count). The lowest BCUT2D eigenvalue weighted by Crippen LogP contribution is -2.27. The Kier molecular flexibility index (Phi) is 5.84. The van der Waals surface area contributed by atoms with Gasteiger partial charge in [-0.3, -0.25) is 14.7 Å². The maximum atomic E-state index is 13.4. The quantitative estimate of drug-likeness (QED) is 0.598. The van der Waals surface area contributed by atoms with Gasteiger partial charge in [-0.05, 0) is 61.7 Å². The lowest BCUT2D eigenvalue weighted by atomic mass is 9.96. The lowest BCUT2D eigenvalue weighted by molar-refractivity contribution is 0.0696. The van der Waals surface area contributed by atoms with Crippen LogP contribution in [-0.4, -0.2) is 35.2 Å². The average Bonchev–Trinajstić information content (AvgIpc) is 2.77. The first-order chi connectivity index (χ1) is 15.1. The normalized spacial score (nSPS) is 13.2. The number of nitrogens with zero attached hydrogens (tertiary/aromatic N) is 2. The number of hydrogen-bond donors (Lipinski definition) is 1. The minimum Gasteiger partial charge on any atom is -0.493 e. The van der Waals surface area contributed by atoms with Gasteiger partial charge in [-0.25, -0.2) is 4.79 Å². The molecule has 1 aromatic heterocycles. The van der Waals surface area contributed by atoms with Crippen molar-refractivity contribution in [2.24, 2.45) is 0 Å². The zero-order valence-corrected chi connectivity index (χ0v) is 17.0. The Morgan fingerprint density at radius 1 is 1.00 bits per heavy atom. The number of methoxy groups -OCH3 is 1. The summed E-state index contributed by atoms with van der Waals surface area (Å²) < 4.78 is 11.5. The van der Waals surface area contributed by atoms with Crippen molar-refractivity contribution >= 4 is 23.3 Å². The highest BCUT2D eigenvalue weighted by Gasteiger charge is 2.25. The fourth-order valence-electron chi connectivity index (χ4n) is 3.34. The SMILES string of the molecule is COc1ccc(N(C(=O)c2cccnc2)c2cccc(C(=O)O)c2)cc1OC1CCC1. The van der Waals surface area contributed by atoms with Crippen LogP contribution in [0, 0.1) is 0 Å². The van der Waals surface area contributed by atoms with Gasteiger partial charge in [-0.15, -0.1) is 0 Å². The van der Waals surface area contributed by atoms with Crippen LogP contribution in [0.1, 0.15) is 40.0 Å². The predicted molar refractivity (Wildman–Crippen MR) is 115 cm³/mol. The Morgan fingerprint density at radius 2 is 1.77 bits per heavy atom. The van der Waals surface area contributed by atoms with Gasteiger partial charge in [0.05, 0.1) is 35.7 Å². The second-order valence-corrected chi connectivity index (χ2v) is 7.24. The van der Waals surface area contributed by atoms with Crippen LogP contribution in [0.3, 0.4) is 0 Å². The summed E-state index contributed by atoms with van der Waals surface area (Å²) in [4.78, 5) is 30.4. The van der Waals surface area contributed by atoms with Gasteiger partial charge in [0.2, 0.25) is 0 Å². The summed E-state index contributed by atoms with van der Waals surface area (Å²) in [5, 5.41) is 9.41. The Balaban J connectivity index is 1.80. The van der Waals surface area contributed by atoms with Crippen LogP contribution in [-0.2, 0) is 0 Å². The van der Waals surface area contributed by atoms with Crippen molar-refractivity contribution in [3.05, 3.63) is 78.1 Å². The zero-order valence-electron chi connectivity index (χ0n) is 17.0. The molecular weight excluding hydrogens is 396 g/mol. The fourth-order valence-corrected chi connectivity index (χ4v) is 3.34. The zero-order chi connectivity index (χ0) is 21.8. The van der Waals surface area contributed by atoms with E-state index in [-0.39, 0.29) is 17.6 Å². The number of carbonyl (C=O) groups is 2. The summed E-state index contributed by atoms with van der Waals surface area (Å²) in [6.45, 7) is 0. The highest BCUT2D eigenvalue weighted by molar-refractivity contribution is 6.11. The number of aromatic carboxylic acids is 1. The van der Waals surface area contributed by atoms with E-state index in [2.05, 4.69) is 4.98 Å². The molecule has 1 saturated carbocycles. The predicted octanol–water partition coefficient (Wildman–Crippen LogP) is 4.70. The van der Waals surface area contributed by atoms with Gasteiger partial charge in [-0.1, -0.05) is 6.07 Å². The van der Waals surface area contributed by atoms with Crippen molar-refractivity contribution < 1.29 is 24.2 Å². The molecule has 0 bridgehead atoms. The molecule has 0 aliphatic heterocycles. The van der Waals surface area contributed by atoms with E-state index in [0.717, 1.165) is 19.3 Å². The third kappa shape index (κ3) is 4.35. The molecule has 1 fully saturated rings. The molecule has 0 atom stereocenters. The number of hydrogen-bond acceptors (Lipinski definition) is 5. The summed E-state index contributed by atoms with van der Waals surface area (Å²) in [7, 11) is 1.57. The summed E-state index contributed by atoms with van der Waals surface area (Å²) in [5.41, 5.74) is 1.42. The highest BCUT2D eigenvalue weighted by Crippen LogP contribution is 2.38. The summed E-state index contributed by atoms with van der Waals surface area (Å²) >= 11 is 0. The maximum absolute atomic E-state index is 13.4. The number of benzene rings is 2. The van der Waals surface area contributed by atoms with E-state index in [4.69, 9.17) is 9.47 Å². The molecule has 1 aliphatic carbocycles. The summed E-state index contributed by atoms with van der Waals surface area (Å²) in [5.74, 6) is -0.290. The molecule has 1 N–H and O–H groups in total. The van der Waals surface area contributed by atoms with Crippen LogP contribution in [0.15, 0.2) is 67.0 Å². The van der Waals surface area contributed by atoms with Crippen LogP contribution in [0.5, 0.6) is 11.5 Å². The molecule has 0 saturated heterocycles. The molecule has 0 spiro atoms. The van der Waals surface area contributed by atoms with Crippen LogP contribution < -0.4 is 14.4 Å². The van der Waals surface area contributed by atoms with Crippen molar-refractivity contribution in [3.8, 4) is 11.5 Å². The summed E-state index contributed by atoms with van der Waals surface area (Å²) in [6, 6.07) is 14.8.